The molecule has 6 heteroatoms. The summed E-state index contributed by atoms with van der Waals surface area (Å²) in [6.45, 7) is 4.88. The molecule has 0 aromatic rings. The Bertz CT molecular complexity index is 592. The second-order valence-electron chi connectivity index (χ2n) is 10.6. The van der Waals surface area contributed by atoms with Crippen LogP contribution in [0.15, 0.2) is 0 Å². The molecule has 0 aromatic heterocycles. The molecular formula is C23H36O6. The van der Waals surface area contributed by atoms with Crippen LogP contribution in [0, 0.1) is 23.2 Å². The predicted molar refractivity (Wildman–Crippen MR) is 104 cm³/mol. The fourth-order valence-electron chi connectivity index (χ4n) is 6.32. The summed E-state index contributed by atoms with van der Waals surface area (Å²) in [6.07, 6.45) is 11.8. The Morgan fingerprint density at radius 1 is 0.690 bits per heavy atom. The largest absolute Gasteiger partial charge is 0.412 e. The molecule has 0 aromatic carbocycles. The maximum Gasteiger partial charge on any atom is 0.412 e. The third-order valence-corrected chi connectivity index (χ3v) is 8.47. The monoisotopic (exact) mass is 408 g/mol. The molecule has 0 N–H and O–H groups in total. The lowest BCUT2D eigenvalue weighted by molar-refractivity contribution is -0.542. The Hall–Kier alpha value is -0.240. The molecule has 2 saturated carbocycles. The molecule has 4 heterocycles. The normalized spacial score (nSPS) is 53.9. The van der Waals surface area contributed by atoms with Gasteiger partial charge in [-0.05, 0) is 69.6 Å². The fourth-order valence-corrected chi connectivity index (χ4v) is 6.32. The molecular weight excluding hydrogens is 372 g/mol. The minimum absolute atomic E-state index is 0.0735. The Balaban J connectivity index is 0.984. The second kappa shape index (κ2) is 7.42. The first-order valence-corrected chi connectivity index (χ1v) is 12.0. The summed E-state index contributed by atoms with van der Waals surface area (Å²) in [5, 5.41) is 0. The lowest BCUT2D eigenvalue weighted by atomic mass is 9.73. The topological polar surface area (TPSA) is 62.0 Å². The molecule has 164 valence electrons. The molecule has 0 radical (unpaired) electrons. The number of fused-ring (bicyclic) bond motifs is 2. The van der Waals surface area contributed by atoms with Crippen molar-refractivity contribution in [1.82, 2.24) is 0 Å². The van der Waals surface area contributed by atoms with Crippen LogP contribution < -0.4 is 0 Å². The standard InChI is InChI=1S/C23H36O6/c1-2-22(10-16-4-6-19-21(9-16)29-19)13-26-23(27-14-22)24-11-17(12-25-23)7-15-3-5-18-20(8-15)28-18/h15-21H,2-14H2,1H3. The van der Waals surface area contributed by atoms with Crippen LogP contribution in [-0.2, 0) is 28.4 Å². The van der Waals surface area contributed by atoms with Crippen LogP contribution in [0.25, 0.3) is 0 Å². The van der Waals surface area contributed by atoms with Gasteiger partial charge in [-0.2, -0.15) is 0 Å². The highest BCUT2D eigenvalue weighted by Gasteiger charge is 2.52. The SMILES string of the molecule is CCC1(CC2CCC3OC3C2)COC2(OCC(CC3CCC4OC4C3)CO2)OC1. The van der Waals surface area contributed by atoms with Gasteiger partial charge < -0.3 is 28.4 Å². The highest BCUT2D eigenvalue weighted by atomic mass is 17.0. The minimum Gasteiger partial charge on any atom is -0.370 e. The van der Waals surface area contributed by atoms with Gasteiger partial charge in [-0.15, -0.1) is 0 Å². The van der Waals surface area contributed by atoms with Crippen LogP contribution in [0.3, 0.4) is 0 Å². The van der Waals surface area contributed by atoms with Gasteiger partial charge in [0.25, 0.3) is 0 Å². The summed E-state index contributed by atoms with van der Waals surface area (Å²) in [6, 6.07) is 0. The van der Waals surface area contributed by atoms with E-state index in [0.717, 1.165) is 31.1 Å². The summed E-state index contributed by atoms with van der Waals surface area (Å²) in [7, 11) is 0. The van der Waals surface area contributed by atoms with Gasteiger partial charge in [0.15, 0.2) is 0 Å². The second-order valence-corrected chi connectivity index (χ2v) is 10.6. The molecule has 29 heavy (non-hydrogen) atoms. The van der Waals surface area contributed by atoms with Gasteiger partial charge in [0, 0.05) is 11.3 Å². The van der Waals surface area contributed by atoms with Crippen LogP contribution in [0.2, 0.25) is 0 Å². The van der Waals surface area contributed by atoms with E-state index in [9.17, 15) is 0 Å². The molecule has 0 amide bonds. The van der Waals surface area contributed by atoms with E-state index in [1.807, 2.05) is 0 Å². The summed E-state index contributed by atoms with van der Waals surface area (Å²) in [5.74, 6) is 1.90. The first-order chi connectivity index (χ1) is 14.1. The van der Waals surface area contributed by atoms with Crippen molar-refractivity contribution >= 4 is 0 Å². The number of epoxide rings is 2. The maximum absolute atomic E-state index is 6.14. The summed E-state index contributed by atoms with van der Waals surface area (Å²) >= 11 is 0. The van der Waals surface area contributed by atoms with Crippen molar-refractivity contribution in [1.29, 1.82) is 0 Å². The van der Waals surface area contributed by atoms with E-state index in [2.05, 4.69) is 6.92 Å². The molecule has 2 aliphatic carbocycles. The van der Waals surface area contributed by atoms with Crippen LogP contribution in [0.1, 0.15) is 64.7 Å². The van der Waals surface area contributed by atoms with Crippen LogP contribution in [0.5, 0.6) is 0 Å². The highest BCUT2D eigenvalue weighted by molar-refractivity contribution is 4.95. The quantitative estimate of drug-likeness (QED) is 0.648. The van der Waals surface area contributed by atoms with Gasteiger partial charge in [-0.25, -0.2) is 0 Å². The van der Waals surface area contributed by atoms with Crippen molar-refractivity contribution in [3.63, 3.8) is 0 Å². The predicted octanol–water partition coefficient (Wildman–Crippen LogP) is 3.62. The molecule has 0 bridgehead atoms. The van der Waals surface area contributed by atoms with Crippen molar-refractivity contribution in [2.45, 2.75) is 95.3 Å². The van der Waals surface area contributed by atoms with Gasteiger partial charge >= 0.3 is 6.16 Å². The lowest BCUT2D eigenvalue weighted by Crippen LogP contribution is -2.56. The first-order valence-electron chi connectivity index (χ1n) is 12.0. The molecule has 4 saturated heterocycles. The molecule has 6 atom stereocenters. The van der Waals surface area contributed by atoms with E-state index in [0.29, 0.717) is 56.8 Å². The Morgan fingerprint density at radius 3 is 1.93 bits per heavy atom. The third-order valence-electron chi connectivity index (χ3n) is 8.47. The number of hydrogen-bond donors (Lipinski definition) is 0. The van der Waals surface area contributed by atoms with Gasteiger partial charge in [0.2, 0.25) is 0 Å². The molecule has 6 unspecified atom stereocenters. The average molecular weight is 409 g/mol. The number of ether oxygens (including phenoxy) is 6. The van der Waals surface area contributed by atoms with E-state index in [-0.39, 0.29) is 5.41 Å². The zero-order valence-corrected chi connectivity index (χ0v) is 17.7. The van der Waals surface area contributed by atoms with Crippen molar-refractivity contribution in [2.75, 3.05) is 26.4 Å². The maximum atomic E-state index is 6.14. The van der Waals surface area contributed by atoms with Gasteiger partial charge in [-0.1, -0.05) is 6.92 Å². The Kier molecular flexibility index (Phi) is 4.98. The zero-order valence-electron chi connectivity index (χ0n) is 17.7. The highest BCUT2D eigenvalue weighted by Crippen LogP contribution is 2.47. The lowest BCUT2D eigenvalue weighted by Gasteiger charge is -2.48. The van der Waals surface area contributed by atoms with E-state index in [4.69, 9.17) is 28.4 Å². The third kappa shape index (κ3) is 4.01. The zero-order chi connectivity index (χ0) is 19.5. The van der Waals surface area contributed by atoms with Crippen molar-refractivity contribution < 1.29 is 28.4 Å². The van der Waals surface area contributed by atoms with Crippen molar-refractivity contribution in [3.05, 3.63) is 0 Å². The van der Waals surface area contributed by atoms with E-state index < -0.39 is 6.16 Å². The summed E-state index contributed by atoms with van der Waals surface area (Å²) in [4.78, 5) is 0. The fraction of sp³-hybridized carbons (Fsp3) is 1.00. The molecule has 6 fully saturated rings. The molecule has 4 aliphatic heterocycles. The van der Waals surface area contributed by atoms with Crippen molar-refractivity contribution in [2.24, 2.45) is 23.2 Å². The first kappa shape index (κ1) is 19.4. The molecule has 6 nitrogen and oxygen atoms in total. The molecule has 6 aliphatic rings. The van der Waals surface area contributed by atoms with Gasteiger partial charge in [0.05, 0.1) is 50.8 Å². The van der Waals surface area contributed by atoms with E-state index >= 15 is 0 Å². The molecule has 6 rings (SSSR count). The Morgan fingerprint density at radius 2 is 1.31 bits per heavy atom. The molecule has 1 spiro atoms. The van der Waals surface area contributed by atoms with Gasteiger partial charge in [-0.3, -0.25) is 0 Å². The number of hydrogen-bond acceptors (Lipinski definition) is 6. The van der Waals surface area contributed by atoms with Crippen LogP contribution >= 0.6 is 0 Å². The average Bonchev–Trinajstić information content (AvgIpc) is 3.66. The van der Waals surface area contributed by atoms with Crippen LogP contribution in [0.4, 0.5) is 0 Å². The number of rotatable bonds is 5. The van der Waals surface area contributed by atoms with E-state index in [1.54, 1.807) is 0 Å². The van der Waals surface area contributed by atoms with Gasteiger partial charge in [0.1, 0.15) is 0 Å². The van der Waals surface area contributed by atoms with Crippen LogP contribution in [-0.4, -0.2) is 57.0 Å². The smallest absolute Gasteiger partial charge is 0.370 e. The van der Waals surface area contributed by atoms with E-state index in [1.165, 1.54) is 38.5 Å². The summed E-state index contributed by atoms with van der Waals surface area (Å²) in [5.41, 5.74) is 0.0735. The minimum atomic E-state index is -1.26. The Labute approximate surface area is 173 Å². The summed E-state index contributed by atoms with van der Waals surface area (Å²) < 4.78 is 35.7. The van der Waals surface area contributed by atoms with Crippen molar-refractivity contribution in [3.8, 4) is 0 Å².